The number of carbonyl (C=O) groups excluding carboxylic acids is 2. The summed E-state index contributed by atoms with van der Waals surface area (Å²) in [4.78, 5) is 46.2. The first-order valence-electron chi connectivity index (χ1n) is 28.1. The van der Waals surface area contributed by atoms with Gasteiger partial charge >= 0.3 is 11.9 Å². The summed E-state index contributed by atoms with van der Waals surface area (Å²) >= 11 is 0. The van der Waals surface area contributed by atoms with Crippen molar-refractivity contribution >= 4 is 36.1 Å². The van der Waals surface area contributed by atoms with E-state index in [1.807, 2.05) is 109 Å². The van der Waals surface area contributed by atoms with Gasteiger partial charge < -0.3 is 50.0 Å². The predicted octanol–water partition coefficient (Wildman–Crippen LogP) is 12.4. The Labute approximate surface area is 503 Å². The Morgan fingerprint density at radius 1 is 0.453 bits per heavy atom. The van der Waals surface area contributed by atoms with Gasteiger partial charge in [0.25, 0.3) is 0 Å². The second-order valence-electron chi connectivity index (χ2n) is 20.3. The highest BCUT2D eigenvalue weighted by atomic mass is 16.5. The fraction of sp³-hybridized carbons (Fsp3) is 0.229. The van der Waals surface area contributed by atoms with E-state index in [2.05, 4.69) is 107 Å². The third kappa shape index (κ3) is 22.5. The number of nitrogens with zero attached hydrogens (tertiary/aromatic N) is 2. The minimum Gasteiger partial charge on any atom is -0.506 e. The Morgan fingerprint density at radius 2 is 0.779 bits per heavy atom. The Morgan fingerprint density at radius 3 is 1.08 bits per heavy atom. The Bertz CT molecular complexity index is 3100. The largest absolute Gasteiger partial charge is 0.506 e. The first kappa shape index (κ1) is 65.6. The van der Waals surface area contributed by atoms with Gasteiger partial charge in [0, 0.05) is 50.4 Å². The van der Waals surface area contributed by atoms with E-state index in [1.165, 1.54) is 22.3 Å². The zero-order valence-electron chi connectivity index (χ0n) is 48.9. The average Bonchev–Trinajstić information content (AvgIpc) is 3.64. The minimum absolute atomic E-state index is 0.0154. The van der Waals surface area contributed by atoms with Gasteiger partial charge in [-0.2, -0.15) is 0 Å². The number of hydrogen-bond acceptors (Lipinski definition) is 12. The molecule has 0 saturated carbocycles. The minimum atomic E-state index is -1.26. The van der Waals surface area contributed by atoms with E-state index in [9.17, 15) is 29.4 Å². The standard InChI is InChI=1S/2C33H36N2O4.C4H4O4/c2*1-25(19-26-13-16-30(38-2)17-14-26)35(21-27-9-5-3-6-10-27)22-33(39-23-28-11-7-4-8-12-28)29-15-18-32(37)31(20-29)34-24-36;5-3(6)1-2-4(7)8/h2*3-18,20,24-25,33,37H,19,21-23H2,1-2H3,(H,34,36);1-2H,(H,5,6)(H,7,8)/b;;2-1+/t2*25?,33-;/m00./s1. The lowest BCUT2D eigenvalue weighted by Gasteiger charge is -2.33. The smallest absolute Gasteiger partial charge is 0.328 e. The number of rotatable bonds is 30. The van der Waals surface area contributed by atoms with Gasteiger partial charge in [-0.25, -0.2) is 9.59 Å². The maximum absolute atomic E-state index is 11.1. The van der Waals surface area contributed by atoms with Gasteiger partial charge in [-0.15, -0.1) is 0 Å². The summed E-state index contributed by atoms with van der Waals surface area (Å²) in [6.45, 7) is 8.08. The molecule has 8 aromatic carbocycles. The lowest BCUT2D eigenvalue weighted by atomic mass is 10.0. The first-order chi connectivity index (χ1) is 41.7. The molecule has 2 amide bonds. The summed E-state index contributed by atoms with van der Waals surface area (Å²) in [5, 5.41) is 41.3. The van der Waals surface area contributed by atoms with E-state index in [4.69, 9.17) is 29.2 Å². The second kappa shape index (κ2) is 35.5. The van der Waals surface area contributed by atoms with Crippen molar-refractivity contribution in [2.75, 3.05) is 37.9 Å². The molecule has 86 heavy (non-hydrogen) atoms. The molecule has 0 radical (unpaired) electrons. The number of phenols is 2. The molecule has 16 nitrogen and oxygen atoms in total. The molecule has 448 valence electrons. The summed E-state index contributed by atoms with van der Waals surface area (Å²) in [5.41, 5.74) is 9.51. The molecule has 16 heteroatoms. The van der Waals surface area contributed by atoms with E-state index in [0.717, 1.165) is 59.7 Å². The summed E-state index contributed by atoms with van der Waals surface area (Å²) in [6.07, 6.45) is 3.35. The molecule has 2 unspecified atom stereocenters. The normalized spacial score (nSPS) is 12.3. The number of carboxylic acid groups (broad SMARTS) is 2. The summed E-state index contributed by atoms with van der Waals surface area (Å²) in [6, 6.07) is 68.3. The third-order valence-electron chi connectivity index (χ3n) is 14.1. The lowest BCUT2D eigenvalue weighted by Crippen LogP contribution is -2.38. The van der Waals surface area contributed by atoms with Crippen LogP contribution >= 0.6 is 0 Å². The monoisotopic (exact) mass is 1160 g/mol. The molecule has 8 aromatic rings. The number of ether oxygens (including phenoxy) is 4. The number of hydrogen-bond donors (Lipinski definition) is 6. The van der Waals surface area contributed by atoms with Gasteiger partial charge in [-0.1, -0.05) is 158 Å². The van der Waals surface area contributed by atoms with Crippen molar-refractivity contribution in [2.45, 2.75) is 77.3 Å². The number of nitrogens with one attached hydrogen (secondary N) is 2. The van der Waals surface area contributed by atoms with E-state index in [1.54, 1.807) is 38.5 Å². The van der Waals surface area contributed by atoms with Crippen LogP contribution < -0.4 is 20.1 Å². The second-order valence-corrected chi connectivity index (χ2v) is 20.3. The molecule has 0 spiro atoms. The Kier molecular flexibility index (Phi) is 27.1. The quantitative estimate of drug-likeness (QED) is 0.0140. The fourth-order valence-electron chi connectivity index (χ4n) is 9.39. The van der Waals surface area contributed by atoms with Gasteiger partial charge in [-0.3, -0.25) is 19.4 Å². The molecule has 0 saturated heterocycles. The number of benzene rings is 8. The van der Waals surface area contributed by atoms with E-state index in [-0.39, 0.29) is 35.8 Å². The van der Waals surface area contributed by atoms with Crippen LogP contribution in [0.3, 0.4) is 0 Å². The van der Waals surface area contributed by atoms with Crippen LogP contribution in [0.15, 0.2) is 218 Å². The van der Waals surface area contributed by atoms with Gasteiger partial charge in [0.15, 0.2) is 0 Å². The van der Waals surface area contributed by atoms with Crippen LogP contribution in [0.4, 0.5) is 11.4 Å². The molecule has 0 fully saturated rings. The summed E-state index contributed by atoms with van der Waals surface area (Å²) < 4.78 is 23.7. The molecule has 0 aliphatic carbocycles. The SMILES string of the molecule is COc1ccc(CC(C)N(Cc2ccccc2)C[C@H](OCc2ccccc2)c2ccc(O)c(NC=O)c2)cc1.COc1ccc(CC(C)N(Cc2ccccc2)C[C@H](OCc2ccccc2)c2ccc(O)c(NC=O)c2)cc1.O=C(O)/C=C/C(=O)O. The maximum Gasteiger partial charge on any atom is 0.328 e. The topological polar surface area (TPSA) is 217 Å². The number of aromatic hydroxyl groups is 2. The number of anilines is 2. The van der Waals surface area contributed by atoms with Gasteiger partial charge in [0.05, 0.1) is 51.0 Å². The van der Waals surface area contributed by atoms with Crippen LogP contribution in [0, 0.1) is 0 Å². The molecule has 6 N–H and O–H groups in total. The van der Waals surface area contributed by atoms with E-state index in [0.29, 0.717) is 62.7 Å². The lowest BCUT2D eigenvalue weighted by molar-refractivity contribution is -0.134. The van der Waals surface area contributed by atoms with Gasteiger partial charge in [0.1, 0.15) is 23.0 Å². The Hall–Kier alpha value is -9.58. The van der Waals surface area contributed by atoms with Crippen molar-refractivity contribution in [3.63, 3.8) is 0 Å². The molecule has 0 heterocycles. The van der Waals surface area contributed by atoms with Crippen LogP contribution in [-0.2, 0) is 67.8 Å². The number of phenolic OH excluding ortho intramolecular Hbond substituents is 2. The van der Waals surface area contributed by atoms with Crippen molar-refractivity contribution < 1.29 is 58.6 Å². The first-order valence-corrected chi connectivity index (χ1v) is 28.1. The van der Waals surface area contributed by atoms with Crippen LogP contribution in [0.2, 0.25) is 0 Å². The highest BCUT2D eigenvalue weighted by Crippen LogP contribution is 2.33. The van der Waals surface area contributed by atoms with Crippen LogP contribution in [0.1, 0.15) is 70.6 Å². The molecule has 0 bridgehead atoms. The zero-order chi connectivity index (χ0) is 61.5. The fourth-order valence-corrected chi connectivity index (χ4v) is 9.39. The van der Waals surface area contributed by atoms with Crippen LogP contribution in [0.5, 0.6) is 23.0 Å². The van der Waals surface area contributed by atoms with E-state index >= 15 is 0 Å². The van der Waals surface area contributed by atoms with Crippen molar-refractivity contribution in [1.82, 2.24) is 9.80 Å². The number of carboxylic acids is 2. The summed E-state index contributed by atoms with van der Waals surface area (Å²) in [5.74, 6) is -0.800. The highest BCUT2D eigenvalue weighted by molar-refractivity contribution is 5.89. The molecule has 0 aromatic heterocycles. The molecular weight excluding hydrogens is 1090 g/mol. The molecule has 0 aliphatic heterocycles. The number of aliphatic carboxylic acids is 2. The van der Waals surface area contributed by atoms with Crippen LogP contribution in [-0.4, -0.2) is 94.4 Å². The zero-order valence-corrected chi connectivity index (χ0v) is 48.9. The summed E-state index contributed by atoms with van der Waals surface area (Å²) in [7, 11) is 3.35. The van der Waals surface area contributed by atoms with Crippen molar-refractivity contribution in [1.29, 1.82) is 0 Å². The van der Waals surface area contributed by atoms with Crippen molar-refractivity contribution in [3.05, 3.63) is 263 Å². The average molecular weight is 1170 g/mol. The van der Waals surface area contributed by atoms with E-state index < -0.39 is 11.9 Å². The number of carbonyl (C=O) groups is 4. The molecular formula is C70H76N4O12. The number of methoxy groups -OCH3 is 2. The van der Waals surface area contributed by atoms with Gasteiger partial charge in [0.2, 0.25) is 12.8 Å². The van der Waals surface area contributed by atoms with Crippen molar-refractivity contribution in [2.24, 2.45) is 0 Å². The highest BCUT2D eigenvalue weighted by Gasteiger charge is 2.25. The Balaban J connectivity index is 0.000000244. The maximum atomic E-state index is 11.1. The number of amides is 2. The predicted molar refractivity (Wildman–Crippen MR) is 334 cm³/mol. The molecule has 8 rings (SSSR count). The van der Waals surface area contributed by atoms with Crippen LogP contribution in [0.25, 0.3) is 0 Å². The third-order valence-corrected chi connectivity index (χ3v) is 14.1. The van der Waals surface area contributed by atoms with Gasteiger partial charge in [-0.05, 0) is 120 Å². The van der Waals surface area contributed by atoms with Crippen molar-refractivity contribution in [3.8, 4) is 23.0 Å². The molecule has 4 atom stereocenters. The molecule has 0 aliphatic rings.